The molecule has 1 aromatic carbocycles. The Balaban J connectivity index is 1.52. The summed E-state index contributed by atoms with van der Waals surface area (Å²) in [7, 11) is 0. The molecule has 0 fully saturated rings. The van der Waals surface area contributed by atoms with Crippen molar-refractivity contribution in [1.82, 2.24) is 4.98 Å². The van der Waals surface area contributed by atoms with Gasteiger partial charge in [0.1, 0.15) is 0 Å². The molecule has 0 bridgehead atoms. The maximum atomic E-state index is 12.4. The number of aromatic nitrogens is 1. The number of nitrogens with zero attached hydrogens (tertiary/aromatic N) is 1. The van der Waals surface area contributed by atoms with Gasteiger partial charge in [0.2, 0.25) is 0 Å². The molecule has 4 rings (SSSR count). The van der Waals surface area contributed by atoms with Crippen molar-refractivity contribution in [2.75, 3.05) is 5.32 Å². The van der Waals surface area contributed by atoms with Gasteiger partial charge in [0, 0.05) is 21.3 Å². The first-order valence-electron chi connectivity index (χ1n) is 6.98. The zero-order valence-corrected chi connectivity index (χ0v) is 13.7. The van der Waals surface area contributed by atoms with Crippen molar-refractivity contribution < 1.29 is 4.79 Å². The molecule has 0 saturated heterocycles. The number of hydrogen-bond donors (Lipinski definition) is 1. The second-order valence-electron chi connectivity index (χ2n) is 5.39. The molecule has 2 aliphatic rings. The topological polar surface area (TPSA) is 42.0 Å². The fourth-order valence-corrected chi connectivity index (χ4v) is 4.30. The minimum atomic E-state index is -0.0326. The fourth-order valence-electron chi connectivity index (χ4n) is 2.87. The lowest BCUT2D eigenvalue weighted by Crippen LogP contribution is -2.14. The number of aryl methyl sites for hydroxylation is 2. The van der Waals surface area contributed by atoms with Crippen LogP contribution >= 0.6 is 27.3 Å². The van der Waals surface area contributed by atoms with Crippen LogP contribution in [0.4, 0.5) is 5.13 Å². The van der Waals surface area contributed by atoms with E-state index in [2.05, 4.69) is 32.3 Å². The lowest BCUT2D eigenvalue weighted by molar-refractivity contribution is -0.112. The molecule has 0 unspecified atom stereocenters. The molecule has 0 atom stereocenters. The van der Waals surface area contributed by atoms with Crippen molar-refractivity contribution in [2.45, 2.75) is 25.7 Å². The summed E-state index contributed by atoms with van der Waals surface area (Å²) in [6.07, 6.45) is 6.00. The highest BCUT2D eigenvalue weighted by Crippen LogP contribution is 2.32. The number of thiazole rings is 1. The number of nitrogens with one attached hydrogen (secondary N) is 1. The van der Waals surface area contributed by atoms with Crippen molar-refractivity contribution in [3.8, 4) is 0 Å². The van der Waals surface area contributed by atoms with Crippen molar-refractivity contribution in [1.29, 1.82) is 0 Å². The molecule has 0 spiro atoms. The monoisotopic (exact) mass is 360 g/mol. The SMILES string of the molecule is O=C(Nc1nc2c(s1)CCC2)C1=Cc2cc(Br)ccc2C1. The molecule has 2 aromatic rings. The van der Waals surface area contributed by atoms with E-state index < -0.39 is 0 Å². The van der Waals surface area contributed by atoms with E-state index in [0.29, 0.717) is 6.42 Å². The second-order valence-corrected chi connectivity index (χ2v) is 7.39. The summed E-state index contributed by atoms with van der Waals surface area (Å²) in [5, 5.41) is 3.69. The van der Waals surface area contributed by atoms with Gasteiger partial charge >= 0.3 is 0 Å². The van der Waals surface area contributed by atoms with Gasteiger partial charge in [0.15, 0.2) is 5.13 Å². The molecule has 5 heteroatoms. The van der Waals surface area contributed by atoms with Crippen molar-refractivity contribution in [3.05, 3.63) is 49.9 Å². The molecule has 21 heavy (non-hydrogen) atoms. The highest BCUT2D eigenvalue weighted by atomic mass is 79.9. The predicted molar refractivity (Wildman–Crippen MR) is 88.6 cm³/mol. The van der Waals surface area contributed by atoms with Crippen molar-refractivity contribution in [2.24, 2.45) is 0 Å². The van der Waals surface area contributed by atoms with Crippen LogP contribution in [-0.2, 0) is 24.1 Å². The predicted octanol–water partition coefficient (Wildman–Crippen LogP) is 3.97. The molecule has 0 radical (unpaired) electrons. The van der Waals surface area contributed by atoms with Crippen LogP contribution in [0.25, 0.3) is 6.08 Å². The first-order valence-corrected chi connectivity index (χ1v) is 8.59. The highest BCUT2D eigenvalue weighted by Gasteiger charge is 2.21. The number of anilines is 1. The summed E-state index contributed by atoms with van der Waals surface area (Å²) in [4.78, 5) is 18.2. The largest absolute Gasteiger partial charge is 0.298 e. The summed E-state index contributed by atoms with van der Waals surface area (Å²) in [5.41, 5.74) is 4.29. The number of hydrogen-bond acceptors (Lipinski definition) is 3. The summed E-state index contributed by atoms with van der Waals surface area (Å²) < 4.78 is 1.04. The third-order valence-corrected chi connectivity index (χ3v) is 5.49. The molecule has 0 aliphatic heterocycles. The smallest absolute Gasteiger partial charge is 0.253 e. The first-order chi connectivity index (χ1) is 10.2. The van der Waals surface area contributed by atoms with Crippen molar-refractivity contribution in [3.63, 3.8) is 0 Å². The first kappa shape index (κ1) is 13.2. The molecule has 2 aliphatic carbocycles. The van der Waals surface area contributed by atoms with Crippen LogP contribution in [0.3, 0.4) is 0 Å². The zero-order valence-electron chi connectivity index (χ0n) is 11.3. The number of fused-ring (bicyclic) bond motifs is 2. The second kappa shape index (κ2) is 5.07. The van der Waals surface area contributed by atoms with E-state index in [9.17, 15) is 4.79 Å². The summed E-state index contributed by atoms with van der Waals surface area (Å²) >= 11 is 5.08. The Labute approximate surface area is 135 Å². The number of carbonyl (C=O) groups excluding carboxylic acids is 1. The van der Waals surface area contributed by atoms with Crippen LogP contribution in [0.15, 0.2) is 28.2 Å². The van der Waals surface area contributed by atoms with Crippen LogP contribution in [-0.4, -0.2) is 10.9 Å². The third-order valence-electron chi connectivity index (χ3n) is 3.93. The maximum absolute atomic E-state index is 12.4. The van der Waals surface area contributed by atoms with Crippen LogP contribution < -0.4 is 5.32 Å². The van der Waals surface area contributed by atoms with Crippen molar-refractivity contribution >= 4 is 44.4 Å². The van der Waals surface area contributed by atoms with Gasteiger partial charge in [-0.2, -0.15) is 0 Å². The van der Waals surface area contributed by atoms with Crippen LogP contribution in [0.1, 0.15) is 28.1 Å². The van der Waals surface area contributed by atoms with E-state index in [1.54, 1.807) is 11.3 Å². The Morgan fingerprint density at radius 2 is 2.24 bits per heavy atom. The fraction of sp³-hybridized carbons (Fsp3) is 0.250. The average molecular weight is 361 g/mol. The Hall–Kier alpha value is -1.46. The standard InChI is InChI=1S/C16H13BrN2OS/c17-12-5-4-9-6-11(7-10(9)8-12)15(20)19-16-18-13-2-1-3-14(13)21-16/h4-5,7-8H,1-3,6H2,(H,18,19,20). The van der Waals surface area contributed by atoms with Gasteiger partial charge < -0.3 is 0 Å². The lowest BCUT2D eigenvalue weighted by atomic mass is 10.1. The van der Waals surface area contributed by atoms with E-state index in [4.69, 9.17) is 0 Å². The van der Waals surface area contributed by atoms with Gasteiger partial charge in [-0.05, 0) is 48.6 Å². The van der Waals surface area contributed by atoms with Gasteiger partial charge in [-0.15, -0.1) is 11.3 Å². The molecule has 106 valence electrons. The Kier molecular flexibility index (Phi) is 3.19. The minimum Gasteiger partial charge on any atom is -0.298 e. The van der Waals surface area contributed by atoms with E-state index in [1.165, 1.54) is 22.6 Å². The third kappa shape index (κ3) is 2.45. The van der Waals surface area contributed by atoms with E-state index in [0.717, 1.165) is 33.6 Å². The van der Waals surface area contributed by atoms with E-state index >= 15 is 0 Å². The molecule has 1 aromatic heterocycles. The molecule has 1 N–H and O–H groups in total. The molecule has 1 amide bonds. The molecule has 0 saturated carbocycles. The molecular formula is C16H13BrN2OS. The Morgan fingerprint density at radius 3 is 3.10 bits per heavy atom. The molecular weight excluding hydrogens is 348 g/mol. The number of amides is 1. The number of carbonyl (C=O) groups is 1. The number of benzene rings is 1. The minimum absolute atomic E-state index is 0.0326. The van der Waals surface area contributed by atoms with Gasteiger partial charge in [-0.1, -0.05) is 22.0 Å². The summed E-state index contributed by atoms with van der Waals surface area (Å²) in [5.74, 6) is -0.0326. The Bertz CT molecular complexity index is 757. The number of rotatable bonds is 2. The average Bonchev–Trinajstić information content (AvgIpc) is 3.10. The van der Waals surface area contributed by atoms with Gasteiger partial charge in [-0.3, -0.25) is 10.1 Å². The molecule has 3 nitrogen and oxygen atoms in total. The van der Waals surface area contributed by atoms with Gasteiger partial charge in [0.25, 0.3) is 5.91 Å². The maximum Gasteiger partial charge on any atom is 0.253 e. The zero-order chi connectivity index (χ0) is 14.4. The van der Waals surface area contributed by atoms with Crippen LogP contribution in [0.2, 0.25) is 0 Å². The van der Waals surface area contributed by atoms with Crippen LogP contribution in [0.5, 0.6) is 0 Å². The summed E-state index contributed by atoms with van der Waals surface area (Å²) in [6.45, 7) is 0. The quantitative estimate of drug-likeness (QED) is 0.880. The Morgan fingerprint density at radius 1 is 1.33 bits per heavy atom. The highest BCUT2D eigenvalue weighted by molar-refractivity contribution is 9.10. The lowest BCUT2D eigenvalue weighted by Gasteiger charge is -2.02. The van der Waals surface area contributed by atoms with E-state index in [1.807, 2.05) is 18.2 Å². The summed E-state index contributed by atoms with van der Waals surface area (Å²) in [6, 6.07) is 6.13. The van der Waals surface area contributed by atoms with Gasteiger partial charge in [-0.25, -0.2) is 4.98 Å². The normalized spacial score (nSPS) is 15.6. The van der Waals surface area contributed by atoms with E-state index in [-0.39, 0.29) is 5.91 Å². The van der Waals surface area contributed by atoms with Gasteiger partial charge in [0.05, 0.1) is 5.69 Å². The van der Waals surface area contributed by atoms with Crippen LogP contribution in [0, 0.1) is 0 Å². The number of halogens is 1. The molecule has 1 heterocycles.